The first-order valence-corrected chi connectivity index (χ1v) is 9.76. The molecule has 0 aliphatic rings. The molecule has 0 radical (unpaired) electrons. The van der Waals surface area contributed by atoms with Crippen LogP contribution in [0.4, 0.5) is 0 Å². The van der Waals surface area contributed by atoms with Gasteiger partial charge in [-0.2, -0.15) is 0 Å². The molecule has 9 nitrogen and oxygen atoms in total. The number of aromatic amines is 1. The molecule has 0 bridgehead atoms. The lowest BCUT2D eigenvalue weighted by atomic mass is 10.0. The second-order valence-electron chi connectivity index (χ2n) is 7.38. The molecule has 3 N–H and O–H groups in total. The summed E-state index contributed by atoms with van der Waals surface area (Å²) in [7, 11) is 0. The van der Waals surface area contributed by atoms with Crippen molar-refractivity contribution in [2.45, 2.75) is 19.4 Å². The van der Waals surface area contributed by atoms with Gasteiger partial charge in [-0.25, -0.2) is 4.79 Å². The molecule has 0 spiro atoms. The van der Waals surface area contributed by atoms with Crippen LogP contribution in [0.1, 0.15) is 11.1 Å². The molecule has 0 saturated carbocycles. The summed E-state index contributed by atoms with van der Waals surface area (Å²) < 4.78 is 10.6. The maximum atomic E-state index is 12.3. The van der Waals surface area contributed by atoms with Crippen LogP contribution in [0.3, 0.4) is 0 Å². The number of carbonyl (C=O) groups excluding carboxylic acids is 2. The number of nitrogens with one attached hydrogen (secondary N) is 2. The van der Waals surface area contributed by atoms with Gasteiger partial charge in [0.15, 0.2) is 6.61 Å². The Morgan fingerprint density at radius 2 is 2.00 bits per heavy atom. The topological polar surface area (TPSA) is 145 Å². The van der Waals surface area contributed by atoms with Crippen LogP contribution in [0.5, 0.6) is 11.5 Å². The van der Waals surface area contributed by atoms with Gasteiger partial charge in [0.1, 0.15) is 17.1 Å². The Labute approximate surface area is 181 Å². The largest absolute Gasteiger partial charge is 0.548 e. The summed E-state index contributed by atoms with van der Waals surface area (Å²) in [6.07, 6.45) is 1.57. The number of hydrogen-bond donors (Lipinski definition) is 3. The molecule has 4 aromatic rings. The summed E-state index contributed by atoms with van der Waals surface area (Å²) in [5.41, 5.74) is 1.91. The molecule has 0 aliphatic carbocycles. The van der Waals surface area contributed by atoms with Gasteiger partial charge in [0.05, 0.1) is 12.0 Å². The molecule has 0 unspecified atom stereocenters. The number of aromatic hydroxyl groups is 1. The van der Waals surface area contributed by atoms with Crippen molar-refractivity contribution >= 4 is 33.7 Å². The zero-order valence-electron chi connectivity index (χ0n) is 17.0. The molecule has 0 fully saturated rings. The number of phenolic OH excluding ortho intramolecular Hbond substituents is 1. The van der Waals surface area contributed by atoms with Crippen LogP contribution in [0.15, 0.2) is 57.9 Å². The van der Waals surface area contributed by atoms with E-state index in [1.807, 2.05) is 0 Å². The average Bonchev–Trinajstić information content (AvgIpc) is 3.13. The minimum atomic E-state index is -1.45. The van der Waals surface area contributed by atoms with E-state index in [0.29, 0.717) is 22.3 Å². The number of carboxylic acid groups (broad SMARTS) is 1. The second-order valence-corrected chi connectivity index (χ2v) is 7.38. The standard InChI is InChI=1S/C23H20N2O7/c1-12-6-22(28)32-20-9-15(3-4-16(12)20)31-11-21(27)25-19(23(29)30)7-13-10-24-18-5-2-14(26)8-17(13)18/h2-6,8-10,19,24,26H,7,11H2,1H3,(H,25,27)(H,29,30)/p-1/t19-/m0/s1. The van der Waals surface area contributed by atoms with Crippen LogP contribution in [-0.2, 0) is 16.0 Å². The molecule has 1 atom stereocenters. The van der Waals surface area contributed by atoms with Gasteiger partial charge in [-0.15, -0.1) is 0 Å². The maximum absolute atomic E-state index is 12.3. The van der Waals surface area contributed by atoms with Crippen LogP contribution in [-0.4, -0.2) is 34.6 Å². The van der Waals surface area contributed by atoms with E-state index in [0.717, 1.165) is 16.5 Å². The Morgan fingerprint density at radius 3 is 2.78 bits per heavy atom. The molecule has 0 saturated heterocycles. The number of rotatable bonds is 7. The molecule has 9 heteroatoms. The predicted octanol–water partition coefficient (Wildman–Crippen LogP) is 1.14. The van der Waals surface area contributed by atoms with Crippen LogP contribution in [0.2, 0.25) is 0 Å². The number of aryl methyl sites for hydroxylation is 1. The Kier molecular flexibility index (Phi) is 5.55. The highest BCUT2D eigenvalue weighted by atomic mass is 16.5. The Balaban J connectivity index is 1.43. The van der Waals surface area contributed by atoms with Crippen molar-refractivity contribution in [1.82, 2.24) is 10.3 Å². The zero-order valence-corrected chi connectivity index (χ0v) is 17.0. The zero-order chi connectivity index (χ0) is 22.8. The van der Waals surface area contributed by atoms with E-state index in [9.17, 15) is 24.6 Å². The highest BCUT2D eigenvalue weighted by Crippen LogP contribution is 2.24. The molecule has 2 heterocycles. The fraction of sp³-hybridized carbons (Fsp3) is 0.174. The minimum absolute atomic E-state index is 0.0437. The smallest absolute Gasteiger partial charge is 0.336 e. The SMILES string of the molecule is Cc1cc(=O)oc2cc(OCC(=O)N[C@@H](Cc3c[nH]c4ccc(O)cc34)C(=O)[O-])ccc12. The van der Waals surface area contributed by atoms with E-state index in [1.54, 1.807) is 31.3 Å². The fourth-order valence-corrected chi connectivity index (χ4v) is 3.53. The first-order chi connectivity index (χ1) is 15.3. The number of ether oxygens (including phenoxy) is 1. The molecule has 4 rings (SSSR count). The first-order valence-electron chi connectivity index (χ1n) is 9.76. The predicted molar refractivity (Wildman–Crippen MR) is 113 cm³/mol. The lowest BCUT2D eigenvalue weighted by Crippen LogP contribution is -2.50. The van der Waals surface area contributed by atoms with Gasteiger partial charge in [0.2, 0.25) is 0 Å². The number of aromatic nitrogens is 1. The van der Waals surface area contributed by atoms with Crippen molar-refractivity contribution in [1.29, 1.82) is 0 Å². The third kappa shape index (κ3) is 4.41. The lowest BCUT2D eigenvalue weighted by Gasteiger charge is -2.19. The van der Waals surface area contributed by atoms with Crippen molar-refractivity contribution in [3.05, 3.63) is 70.2 Å². The second kappa shape index (κ2) is 8.46. The number of phenols is 1. The molecule has 2 aromatic heterocycles. The number of aliphatic carboxylic acids is 1. The molecular formula is C23H19N2O7-. The number of benzene rings is 2. The van der Waals surface area contributed by atoms with E-state index >= 15 is 0 Å². The summed E-state index contributed by atoms with van der Waals surface area (Å²) in [5.74, 6) is -1.77. The van der Waals surface area contributed by atoms with E-state index in [1.165, 1.54) is 24.3 Å². The van der Waals surface area contributed by atoms with Crippen LogP contribution in [0, 0.1) is 6.92 Å². The maximum Gasteiger partial charge on any atom is 0.336 e. The number of H-pyrrole nitrogens is 1. The quantitative estimate of drug-likeness (QED) is 0.369. The van der Waals surface area contributed by atoms with Gasteiger partial charge in [-0.3, -0.25) is 4.79 Å². The molecule has 1 amide bonds. The van der Waals surface area contributed by atoms with Gasteiger partial charge in [0, 0.05) is 41.0 Å². The van der Waals surface area contributed by atoms with Gasteiger partial charge in [-0.1, -0.05) is 0 Å². The van der Waals surface area contributed by atoms with Gasteiger partial charge in [-0.05, 0) is 48.4 Å². The molecule has 32 heavy (non-hydrogen) atoms. The third-order valence-corrected chi connectivity index (χ3v) is 5.09. The number of amides is 1. The van der Waals surface area contributed by atoms with Crippen molar-refractivity contribution in [3.8, 4) is 11.5 Å². The number of hydrogen-bond acceptors (Lipinski definition) is 7. The summed E-state index contributed by atoms with van der Waals surface area (Å²) in [5, 5.41) is 25.0. The van der Waals surface area contributed by atoms with Crippen molar-refractivity contribution in [2.75, 3.05) is 6.61 Å². The van der Waals surface area contributed by atoms with Crippen LogP contribution in [0.25, 0.3) is 21.9 Å². The lowest BCUT2D eigenvalue weighted by molar-refractivity contribution is -0.308. The summed E-state index contributed by atoms with van der Waals surface area (Å²) >= 11 is 0. The monoisotopic (exact) mass is 435 g/mol. The van der Waals surface area contributed by atoms with Crippen LogP contribution < -0.4 is 20.8 Å². The minimum Gasteiger partial charge on any atom is -0.548 e. The van der Waals surface area contributed by atoms with Crippen molar-refractivity contribution in [2.24, 2.45) is 0 Å². The van der Waals surface area contributed by atoms with E-state index < -0.39 is 30.2 Å². The Bertz CT molecular complexity index is 1390. The van der Waals surface area contributed by atoms with Crippen molar-refractivity contribution in [3.63, 3.8) is 0 Å². The average molecular weight is 435 g/mol. The third-order valence-electron chi connectivity index (χ3n) is 5.09. The fourth-order valence-electron chi connectivity index (χ4n) is 3.53. The van der Waals surface area contributed by atoms with E-state index in [4.69, 9.17) is 9.15 Å². The Morgan fingerprint density at radius 1 is 1.19 bits per heavy atom. The van der Waals surface area contributed by atoms with Gasteiger partial charge < -0.3 is 34.5 Å². The van der Waals surface area contributed by atoms with E-state index in [2.05, 4.69) is 10.3 Å². The summed E-state index contributed by atoms with van der Waals surface area (Å²) in [4.78, 5) is 38.4. The van der Waals surface area contributed by atoms with Crippen molar-refractivity contribution < 1.29 is 29.0 Å². The molecule has 2 aromatic carbocycles. The number of fused-ring (bicyclic) bond motifs is 2. The molecule has 164 valence electrons. The van der Waals surface area contributed by atoms with Crippen LogP contribution >= 0.6 is 0 Å². The highest BCUT2D eigenvalue weighted by Gasteiger charge is 2.17. The first kappa shape index (κ1) is 21.0. The molecule has 0 aliphatic heterocycles. The van der Waals surface area contributed by atoms with E-state index in [-0.39, 0.29) is 12.2 Å². The normalized spacial score (nSPS) is 12.0. The Hall–Kier alpha value is -4.27. The summed E-state index contributed by atoms with van der Waals surface area (Å²) in [6.45, 7) is 1.34. The highest BCUT2D eigenvalue weighted by molar-refractivity contribution is 5.87. The molecular weight excluding hydrogens is 416 g/mol. The van der Waals surface area contributed by atoms with Gasteiger partial charge >= 0.3 is 5.63 Å². The number of carbonyl (C=O) groups is 2. The summed E-state index contributed by atoms with van der Waals surface area (Å²) in [6, 6.07) is 9.59. The number of carboxylic acids is 1. The van der Waals surface area contributed by atoms with Gasteiger partial charge in [0.25, 0.3) is 5.91 Å².